The molecule has 0 N–H and O–H groups in total. The summed E-state index contributed by atoms with van der Waals surface area (Å²) in [6.07, 6.45) is 2.09. The number of rotatable bonds is 2. The number of nitriles is 1. The van der Waals surface area contributed by atoms with Gasteiger partial charge in [-0.05, 0) is 0 Å². The van der Waals surface area contributed by atoms with Gasteiger partial charge in [0.1, 0.15) is 5.01 Å². The Bertz CT molecular complexity index is 368. The third-order valence-corrected chi connectivity index (χ3v) is 2.97. The van der Waals surface area contributed by atoms with Gasteiger partial charge in [-0.15, -0.1) is 11.3 Å². The zero-order valence-corrected chi connectivity index (χ0v) is 8.33. The molecule has 0 aliphatic carbocycles. The van der Waals surface area contributed by atoms with Crippen molar-refractivity contribution in [1.29, 1.82) is 5.26 Å². The Hall–Kier alpha value is -1.41. The predicted molar refractivity (Wildman–Crippen MR) is 51.3 cm³/mol. The lowest BCUT2D eigenvalue weighted by atomic mass is 10.1. The lowest BCUT2D eigenvalue weighted by Crippen LogP contribution is -2.24. The fourth-order valence-electron chi connectivity index (χ4n) is 1.51. The van der Waals surface area contributed by atoms with Crippen LogP contribution >= 0.6 is 11.3 Å². The molecule has 14 heavy (non-hydrogen) atoms. The number of carbonyl (C=O) groups is 1. The Balaban J connectivity index is 2.00. The second-order valence-electron chi connectivity index (χ2n) is 3.23. The summed E-state index contributed by atoms with van der Waals surface area (Å²) < 4.78 is 0. The molecule has 4 nitrogen and oxygen atoms in total. The Morgan fingerprint density at radius 3 is 3.21 bits per heavy atom. The van der Waals surface area contributed by atoms with Crippen LogP contribution in [0.25, 0.3) is 0 Å². The van der Waals surface area contributed by atoms with E-state index < -0.39 is 0 Å². The molecule has 1 saturated heterocycles. The summed E-state index contributed by atoms with van der Waals surface area (Å²) in [5, 5.41) is 11.5. The maximum atomic E-state index is 11.4. The van der Waals surface area contributed by atoms with Crippen LogP contribution in [0.1, 0.15) is 11.4 Å². The highest BCUT2D eigenvalue weighted by atomic mass is 32.1. The number of likely N-dealkylation sites (tertiary alicyclic amines) is 1. The number of hydrogen-bond donors (Lipinski definition) is 0. The molecule has 0 saturated carbocycles. The van der Waals surface area contributed by atoms with Crippen LogP contribution < -0.4 is 0 Å². The summed E-state index contributed by atoms with van der Waals surface area (Å²) >= 11 is 1.53. The van der Waals surface area contributed by atoms with Crippen molar-refractivity contribution in [3.8, 4) is 6.07 Å². The molecule has 5 heteroatoms. The normalized spacial score (nSPS) is 21.2. The number of amides is 1. The van der Waals surface area contributed by atoms with Gasteiger partial charge in [-0.2, -0.15) is 5.26 Å². The van der Waals surface area contributed by atoms with Crippen molar-refractivity contribution >= 4 is 17.2 Å². The Labute approximate surface area is 85.8 Å². The first-order valence-electron chi connectivity index (χ1n) is 4.35. The fourth-order valence-corrected chi connectivity index (χ4v) is 2.14. The summed E-state index contributed by atoms with van der Waals surface area (Å²) in [6.45, 7) is 1.10. The van der Waals surface area contributed by atoms with Crippen molar-refractivity contribution in [3.05, 3.63) is 16.6 Å². The van der Waals surface area contributed by atoms with Crippen molar-refractivity contribution in [2.45, 2.75) is 13.0 Å². The Morgan fingerprint density at radius 1 is 1.79 bits per heavy atom. The molecule has 1 aliphatic heterocycles. The van der Waals surface area contributed by atoms with E-state index in [0.29, 0.717) is 19.5 Å². The molecule has 2 rings (SSSR count). The van der Waals surface area contributed by atoms with Gasteiger partial charge < -0.3 is 4.90 Å². The van der Waals surface area contributed by atoms with Gasteiger partial charge >= 0.3 is 0 Å². The van der Waals surface area contributed by atoms with Crippen LogP contribution in [0, 0.1) is 17.2 Å². The highest BCUT2D eigenvalue weighted by Gasteiger charge is 2.29. The van der Waals surface area contributed by atoms with Gasteiger partial charge in [-0.3, -0.25) is 4.79 Å². The second kappa shape index (κ2) is 3.76. The molecule has 1 aliphatic rings. The van der Waals surface area contributed by atoms with E-state index in [0.717, 1.165) is 5.01 Å². The molecule has 72 valence electrons. The summed E-state index contributed by atoms with van der Waals surface area (Å²) in [7, 11) is 0. The van der Waals surface area contributed by atoms with Crippen LogP contribution in [0.15, 0.2) is 11.6 Å². The van der Waals surface area contributed by atoms with E-state index in [2.05, 4.69) is 11.1 Å². The number of hydrogen-bond acceptors (Lipinski definition) is 4. The SMILES string of the molecule is N#CC1CC(=O)N(Cc2nccs2)C1. The van der Waals surface area contributed by atoms with Gasteiger partial charge in [0.25, 0.3) is 0 Å². The molecule has 1 fully saturated rings. The van der Waals surface area contributed by atoms with Crippen molar-refractivity contribution in [2.75, 3.05) is 6.54 Å². The smallest absolute Gasteiger partial charge is 0.224 e. The highest BCUT2D eigenvalue weighted by molar-refractivity contribution is 7.09. The lowest BCUT2D eigenvalue weighted by molar-refractivity contribution is -0.128. The first-order chi connectivity index (χ1) is 6.79. The van der Waals surface area contributed by atoms with Crippen molar-refractivity contribution in [3.63, 3.8) is 0 Å². The van der Waals surface area contributed by atoms with Crippen molar-refractivity contribution in [2.24, 2.45) is 5.92 Å². The van der Waals surface area contributed by atoms with E-state index in [1.165, 1.54) is 11.3 Å². The molecule has 1 unspecified atom stereocenters. The molecular formula is C9H9N3OS. The summed E-state index contributed by atoms with van der Waals surface area (Å²) in [4.78, 5) is 17.2. The van der Waals surface area contributed by atoms with E-state index in [4.69, 9.17) is 5.26 Å². The zero-order chi connectivity index (χ0) is 9.97. The quantitative estimate of drug-likeness (QED) is 0.727. The fraction of sp³-hybridized carbons (Fsp3) is 0.444. The van der Waals surface area contributed by atoms with Crippen molar-refractivity contribution < 1.29 is 4.79 Å². The molecule has 1 aromatic rings. The minimum absolute atomic E-state index is 0.0618. The molecule has 1 aromatic heterocycles. The van der Waals surface area contributed by atoms with E-state index in [9.17, 15) is 4.79 Å². The highest BCUT2D eigenvalue weighted by Crippen LogP contribution is 2.19. The maximum absolute atomic E-state index is 11.4. The van der Waals surface area contributed by atoms with Crippen molar-refractivity contribution in [1.82, 2.24) is 9.88 Å². The average Bonchev–Trinajstić information content (AvgIpc) is 2.78. The number of nitrogens with zero attached hydrogens (tertiary/aromatic N) is 3. The zero-order valence-electron chi connectivity index (χ0n) is 7.51. The second-order valence-corrected chi connectivity index (χ2v) is 4.21. The van der Waals surface area contributed by atoms with E-state index in [-0.39, 0.29) is 11.8 Å². The molecule has 0 radical (unpaired) electrons. The Kier molecular flexibility index (Phi) is 2.46. The van der Waals surface area contributed by atoms with Gasteiger partial charge in [0.15, 0.2) is 0 Å². The third kappa shape index (κ3) is 1.75. The van der Waals surface area contributed by atoms with Gasteiger partial charge in [0.2, 0.25) is 5.91 Å². The summed E-state index contributed by atoms with van der Waals surface area (Å²) in [5.41, 5.74) is 0. The first kappa shape index (κ1) is 9.16. The topological polar surface area (TPSA) is 57.0 Å². The molecule has 0 aromatic carbocycles. The Morgan fingerprint density at radius 2 is 2.64 bits per heavy atom. The minimum atomic E-state index is -0.137. The molecule has 0 bridgehead atoms. The van der Waals surface area contributed by atoms with Gasteiger partial charge in [-0.1, -0.05) is 0 Å². The number of carbonyl (C=O) groups excluding carboxylic acids is 1. The monoisotopic (exact) mass is 207 g/mol. The van der Waals surface area contributed by atoms with Crippen LogP contribution in [0.3, 0.4) is 0 Å². The molecule has 0 spiro atoms. The van der Waals surface area contributed by atoms with Crippen LogP contribution in [0.4, 0.5) is 0 Å². The van der Waals surface area contributed by atoms with E-state index in [1.807, 2.05) is 5.38 Å². The molecular weight excluding hydrogens is 198 g/mol. The lowest BCUT2D eigenvalue weighted by Gasteiger charge is -2.12. The summed E-state index contributed by atoms with van der Waals surface area (Å²) in [5.74, 6) is -0.0748. The average molecular weight is 207 g/mol. The summed E-state index contributed by atoms with van der Waals surface area (Å²) in [6, 6.07) is 2.12. The van der Waals surface area contributed by atoms with E-state index >= 15 is 0 Å². The molecule has 1 amide bonds. The number of thiazole rings is 1. The molecule has 1 atom stereocenters. The van der Waals surface area contributed by atoms with Crippen LogP contribution in [0.5, 0.6) is 0 Å². The van der Waals surface area contributed by atoms with Gasteiger partial charge in [0, 0.05) is 24.5 Å². The minimum Gasteiger partial charge on any atom is -0.335 e. The van der Waals surface area contributed by atoms with E-state index in [1.54, 1.807) is 11.1 Å². The predicted octanol–water partition coefficient (Wildman–Crippen LogP) is 1.02. The number of aromatic nitrogens is 1. The van der Waals surface area contributed by atoms with Gasteiger partial charge in [-0.25, -0.2) is 4.98 Å². The standard InChI is InChI=1S/C9H9N3OS/c10-4-7-3-9(13)12(5-7)6-8-11-1-2-14-8/h1-2,7H,3,5-6H2. The van der Waals surface area contributed by atoms with Crippen LogP contribution in [-0.4, -0.2) is 22.3 Å². The van der Waals surface area contributed by atoms with Crippen LogP contribution in [0.2, 0.25) is 0 Å². The third-order valence-electron chi connectivity index (χ3n) is 2.21. The largest absolute Gasteiger partial charge is 0.335 e. The van der Waals surface area contributed by atoms with Gasteiger partial charge in [0.05, 0.1) is 18.5 Å². The van der Waals surface area contributed by atoms with Crippen LogP contribution in [-0.2, 0) is 11.3 Å². The molecule has 2 heterocycles. The first-order valence-corrected chi connectivity index (χ1v) is 5.23. The maximum Gasteiger partial charge on any atom is 0.224 e.